The number of halogens is 3. The second-order valence-electron chi connectivity index (χ2n) is 9.22. The van der Waals surface area contributed by atoms with Gasteiger partial charge < -0.3 is 14.6 Å². The van der Waals surface area contributed by atoms with Gasteiger partial charge in [-0.2, -0.15) is 13.9 Å². The van der Waals surface area contributed by atoms with E-state index in [0.29, 0.717) is 5.39 Å². The largest absolute Gasteiger partial charge is 0.372 e. The van der Waals surface area contributed by atoms with Crippen molar-refractivity contribution in [3.05, 3.63) is 68.1 Å². The topological polar surface area (TPSA) is 78.2 Å². The molecule has 1 aliphatic rings. The number of hydrogen-bond acceptors (Lipinski definition) is 5. The Kier molecular flexibility index (Phi) is 5.83. The number of ether oxygens (including phenoxy) is 1. The van der Waals surface area contributed by atoms with Crippen molar-refractivity contribution in [1.29, 1.82) is 0 Å². The quantitative estimate of drug-likeness (QED) is 0.552. The Bertz CT molecular complexity index is 1380. The van der Waals surface area contributed by atoms with Crippen molar-refractivity contribution in [3.63, 3.8) is 0 Å². The maximum Gasteiger partial charge on any atom is 0.303 e. The summed E-state index contributed by atoms with van der Waals surface area (Å²) in [6, 6.07) is 4.39. The number of aryl methyl sites for hydroxylation is 1. The number of pyridine rings is 1. The first-order valence-electron chi connectivity index (χ1n) is 11.0. The van der Waals surface area contributed by atoms with Gasteiger partial charge in [-0.25, -0.2) is 9.07 Å². The first-order valence-corrected chi connectivity index (χ1v) is 11.0. The SMILES string of the molecule is COC(C)(C)C(F)(F)c1cccc([C@@H](C)Nc2nn(C)c(=O)c3cc(=O)n(C4CC4)cc23)c1F. The van der Waals surface area contributed by atoms with E-state index >= 15 is 13.2 Å². The molecule has 0 spiro atoms. The molecule has 0 saturated heterocycles. The number of fused-ring (bicyclic) bond motifs is 1. The highest BCUT2D eigenvalue weighted by atomic mass is 19.3. The van der Waals surface area contributed by atoms with E-state index in [4.69, 9.17) is 4.74 Å². The van der Waals surface area contributed by atoms with Gasteiger partial charge in [0, 0.05) is 43.4 Å². The maximum absolute atomic E-state index is 15.4. The summed E-state index contributed by atoms with van der Waals surface area (Å²) in [5.74, 6) is -4.40. The number of anilines is 1. The summed E-state index contributed by atoms with van der Waals surface area (Å²) in [6.45, 7) is 4.00. The minimum absolute atomic E-state index is 0.00314. The molecule has 182 valence electrons. The van der Waals surface area contributed by atoms with Crippen LogP contribution in [-0.4, -0.2) is 27.1 Å². The van der Waals surface area contributed by atoms with Gasteiger partial charge in [-0.05, 0) is 39.7 Å². The number of hydrogen-bond donors (Lipinski definition) is 1. The van der Waals surface area contributed by atoms with Crippen LogP contribution in [0.25, 0.3) is 10.8 Å². The minimum atomic E-state index is -3.59. The number of benzene rings is 1. The monoisotopic (exact) mass is 476 g/mol. The fraction of sp³-hybridized carbons (Fsp3) is 0.458. The first-order chi connectivity index (χ1) is 15.9. The second kappa shape index (κ2) is 8.26. The highest BCUT2D eigenvalue weighted by Crippen LogP contribution is 2.43. The average Bonchev–Trinajstić information content (AvgIpc) is 3.62. The molecule has 2 aromatic heterocycles. The van der Waals surface area contributed by atoms with Crippen molar-refractivity contribution in [1.82, 2.24) is 14.3 Å². The molecule has 7 nitrogen and oxygen atoms in total. The molecule has 1 atom stereocenters. The summed E-state index contributed by atoms with van der Waals surface area (Å²) in [5, 5.41) is 7.89. The molecule has 0 amide bonds. The normalized spacial score (nSPS) is 15.5. The molecular formula is C24H27F3N4O3. The van der Waals surface area contributed by atoms with E-state index < -0.39 is 34.5 Å². The zero-order chi connectivity index (χ0) is 25.0. The van der Waals surface area contributed by atoms with E-state index in [0.717, 1.165) is 30.7 Å². The van der Waals surface area contributed by atoms with E-state index in [-0.39, 0.29) is 28.4 Å². The standard InChI is InChI=1S/C24H27F3N4O3/c1-13(15-7-6-8-18(20(15)25)24(26,27)23(2,3)34-5)28-21-17-12-31(14-9-10-14)19(32)11-16(17)22(33)30(4)29-21/h6-8,11-14H,9-10H2,1-5H3,(H,28,29)/t13-/m1/s1. The smallest absolute Gasteiger partial charge is 0.303 e. The summed E-state index contributed by atoms with van der Waals surface area (Å²) in [6.07, 6.45) is 3.32. The summed E-state index contributed by atoms with van der Waals surface area (Å²) < 4.78 is 53.1. The molecule has 4 rings (SSSR count). The van der Waals surface area contributed by atoms with Gasteiger partial charge in [-0.1, -0.05) is 12.1 Å². The second-order valence-corrected chi connectivity index (χ2v) is 9.22. The van der Waals surface area contributed by atoms with Gasteiger partial charge in [0.1, 0.15) is 11.4 Å². The molecule has 0 unspecified atom stereocenters. The number of nitrogens with one attached hydrogen (secondary N) is 1. The van der Waals surface area contributed by atoms with Crippen LogP contribution in [0.2, 0.25) is 0 Å². The highest BCUT2D eigenvalue weighted by molar-refractivity contribution is 5.90. The van der Waals surface area contributed by atoms with Crippen molar-refractivity contribution in [2.45, 2.75) is 57.2 Å². The molecule has 3 aromatic rings. The first kappa shape index (κ1) is 24.0. The lowest BCUT2D eigenvalue weighted by Crippen LogP contribution is -2.43. The van der Waals surface area contributed by atoms with Crippen molar-refractivity contribution in [2.75, 3.05) is 12.4 Å². The Labute approximate surface area is 194 Å². The number of aromatic nitrogens is 3. The van der Waals surface area contributed by atoms with Gasteiger partial charge >= 0.3 is 5.92 Å². The third kappa shape index (κ3) is 3.89. The van der Waals surface area contributed by atoms with Crippen LogP contribution in [0.3, 0.4) is 0 Å². The molecule has 2 heterocycles. The van der Waals surface area contributed by atoms with Gasteiger partial charge in [-0.3, -0.25) is 9.59 Å². The Hall–Kier alpha value is -3.14. The Balaban J connectivity index is 1.78. The van der Waals surface area contributed by atoms with E-state index in [1.54, 1.807) is 17.7 Å². The molecule has 1 N–H and O–H groups in total. The Morgan fingerprint density at radius 1 is 1.21 bits per heavy atom. The summed E-state index contributed by atoms with van der Waals surface area (Å²) in [4.78, 5) is 25.0. The van der Waals surface area contributed by atoms with Crippen LogP contribution in [0.4, 0.5) is 19.0 Å². The zero-order valence-corrected chi connectivity index (χ0v) is 19.7. The molecule has 1 aromatic carbocycles. The van der Waals surface area contributed by atoms with Crippen molar-refractivity contribution >= 4 is 16.6 Å². The molecule has 1 saturated carbocycles. The molecule has 1 fully saturated rings. The van der Waals surface area contributed by atoms with Crippen molar-refractivity contribution in [3.8, 4) is 0 Å². The van der Waals surface area contributed by atoms with E-state index in [9.17, 15) is 9.59 Å². The summed E-state index contributed by atoms with van der Waals surface area (Å²) in [5.41, 5.74) is -3.41. The fourth-order valence-corrected chi connectivity index (χ4v) is 3.94. The molecule has 10 heteroatoms. The molecule has 0 radical (unpaired) electrons. The third-order valence-electron chi connectivity index (χ3n) is 6.50. The summed E-state index contributed by atoms with van der Waals surface area (Å²) in [7, 11) is 2.59. The third-order valence-corrected chi connectivity index (χ3v) is 6.50. The number of methoxy groups -OCH3 is 1. The molecule has 34 heavy (non-hydrogen) atoms. The van der Waals surface area contributed by atoms with Crippen molar-refractivity contribution in [2.24, 2.45) is 7.05 Å². The molecule has 1 aliphatic carbocycles. The molecule has 0 bridgehead atoms. The van der Waals surface area contributed by atoms with Gasteiger partial charge in [0.2, 0.25) is 0 Å². The zero-order valence-electron chi connectivity index (χ0n) is 19.7. The van der Waals surface area contributed by atoms with Crippen LogP contribution < -0.4 is 16.4 Å². The maximum atomic E-state index is 15.4. The minimum Gasteiger partial charge on any atom is -0.372 e. The van der Waals surface area contributed by atoms with E-state index in [1.165, 1.54) is 39.1 Å². The average molecular weight is 476 g/mol. The van der Waals surface area contributed by atoms with Crippen LogP contribution in [0, 0.1) is 5.82 Å². The molecular weight excluding hydrogens is 449 g/mol. The lowest BCUT2D eigenvalue weighted by Gasteiger charge is -2.33. The van der Waals surface area contributed by atoms with Crippen LogP contribution in [0.1, 0.15) is 56.8 Å². The fourth-order valence-electron chi connectivity index (χ4n) is 3.94. The van der Waals surface area contributed by atoms with Gasteiger partial charge in [0.25, 0.3) is 11.1 Å². The number of rotatable bonds is 7. The lowest BCUT2D eigenvalue weighted by atomic mass is 9.90. The van der Waals surface area contributed by atoms with E-state index in [1.807, 2.05) is 0 Å². The van der Waals surface area contributed by atoms with Gasteiger partial charge in [0.05, 0.1) is 17.0 Å². The van der Waals surface area contributed by atoms with Crippen LogP contribution in [0.5, 0.6) is 0 Å². The highest BCUT2D eigenvalue weighted by Gasteiger charge is 2.50. The van der Waals surface area contributed by atoms with Crippen molar-refractivity contribution < 1.29 is 17.9 Å². The number of nitrogens with zero attached hydrogens (tertiary/aromatic N) is 3. The predicted molar refractivity (Wildman–Crippen MR) is 123 cm³/mol. The molecule has 0 aliphatic heterocycles. The van der Waals surface area contributed by atoms with E-state index in [2.05, 4.69) is 10.4 Å². The summed E-state index contributed by atoms with van der Waals surface area (Å²) >= 11 is 0. The van der Waals surface area contributed by atoms with Crippen LogP contribution in [0.15, 0.2) is 40.1 Å². The van der Waals surface area contributed by atoms with Gasteiger partial charge in [0.15, 0.2) is 5.82 Å². The number of alkyl halides is 2. The van der Waals surface area contributed by atoms with Crippen LogP contribution in [-0.2, 0) is 17.7 Å². The Morgan fingerprint density at radius 2 is 1.88 bits per heavy atom. The lowest BCUT2D eigenvalue weighted by molar-refractivity contribution is -0.186. The predicted octanol–water partition coefficient (Wildman–Crippen LogP) is 4.26. The van der Waals surface area contributed by atoms with Crippen LogP contribution >= 0.6 is 0 Å². The Morgan fingerprint density at radius 3 is 2.50 bits per heavy atom. The van der Waals surface area contributed by atoms with Gasteiger partial charge in [-0.15, -0.1) is 0 Å².